The van der Waals surface area contributed by atoms with Crippen LogP contribution in [0.4, 0.5) is 0 Å². The first-order chi connectivity index (χ1) is 5.66. The highest BCUT2D eigenvalue weighted by Gasteiger charge is 2.29. The van der Waals surface area contributed by atoms with E-state index in [0.717, 1.165) is 19.4 Å². The van der Waals surface area contributed by atoms with E-state index in [1.807, 2.05) is 6.92 Å². The molecule has 3 nitrogen and oxygen atoms in total. The molecule has 0 aromatic carbocycles. The van der Waals surface area contributed by atoms with Gasteiger partial charge in [-0.05, 0) is 12.8 Å². The first kappa shape index (κ1) is 9.45. The number of nitrogens with two attached hydrogens (primary N) is 1. The molecule has 1 aliphatic heterocycles. The average molecular weight is 186 g/mol. The van der Waals surface area contributed by atoms with E-state index in [1.165, 1.54) is 0 Å². The van der Waals surface area contributed by atoms with Crippen molar-refractivity contribution in [1.29, 1.82) is 0 Å². The number of carbonyl (C=O) groups is 1. The SMILES string of the molecule is CCC(=O)N1CCCC1C(N)=S. The van der Waals surface area contributed by atoms with Gasteiger partial charge in [-0.25, -0.2) is 0 Å². The van der Waals surface area contributed by atoms with Crippen LogP contribution in [-0.2, 0) is 4.79 Å². The molecule has 1 rings (SSSR count). The van der Waals surface area contributed by atoms with Gasteiger partial charge in [-0.1, -0.05) is 19.1 Å². The zero-order chi connectivity index (χ0) is 9.14. The summed E-state index contributed by atoms with van der Waals surface area (Å²) in [6.07, 6.45) is 2.49. The molecule has 68 valence electrons. The lowest BCUT2D eigenvalue weighted by molar-refractivity contribution is -0.130. The highest BCUT2D eigenvalue weighted by atomic mass is 32.1. The molecule has 1 fully saturated rings. The Kier molecular flexibility index (Phi) is 3.03. The highest BCUT2D eigenvalue weighted by molar-refractivity contribution is 7.80. The monoisotopic (exact) mass is 186 g/mol. The summed E-state index contributed by atoms with van der Waals surface area (Å²) in [5.41, 5.74) is 5.52. The third kappa shape index (κ3) is 1.75. The number of hydrogen-bond acceptors (Lipinski definition) is 2. The molecule has 1 aliphatic rings. The van der Waals surface area contributed by atoms with Gasteiger partial charge in [0.2, 0.25) is 5.91 Å². The molecule has 12 heavy (non-hydrogen) atoms. The van der Waals surface area contributed by atoms with Crippen molar-refractivity contribution in [3.05, 3.63) is 0 Å². The molecular weight excluding hydrogens is 172 g/mol. The number of amides is 1. The second kappa shape index (κ2) is 3.85. The third-order valence-electron chi connectivity index (χ3n) is 2.20. The van der Waals surface area contributed by atoms with Gasteiger partial charge in [0, 0.05) is 13.0 Å². The van der Waals surface area contributed by atoms with E-state index in [-0.39, 0.29) is 11.9 Å². The first-order valence-electron chi connectivity index (χ1n) is 4.25. The first-order valence-corrected chi connectivity index (χ1v) is 4.66. The highest BCUT2D eigenvalue weighted by Crippen LogP contribution is 2.18. The van der Waals surface area contributed by atoms with Gasteiger partial charge in [0.15, 0.2) is 0 Å². The van der Waals surface area contributed by atoms with E-state index in [1.54, 1.807) is 4.90 Å². The van der Waals surface area contributed by atoms with Crippen LogP contribution in [0.15, 0.2) is 0 Å². The van der Waals surface area contributed by atoms with Crippen molar-refractivity contribution in [1.82, 2.24) is 4.90 Å². The van der Waals surface area contributed by atoms with Gasteiger partial charge in [-0.15, -0.1) is 0 Å². The Hall–Kier alpha value is -0.640. The van der Waals surface area contributed by atoms with Crippen LogP contribution < -0.4 is 5.73 Å². The number of thiocarbonyl (C=S) groups is 1. The van der Waals surface area contributed by atoms with E-state index in [0.29, 0.717) is 11.4 Å². The van der Waals surface area contributed by atoms with Gasteiger partial charge in [0.05, 0.1) is 11.0 Å². The normalized spacial score (nSPS) is 22.8. The second-order valence-corrected chi connectivity index (χ2v) is 3.47. The maximum absolute atomic E-state index is 11.3. The lowest BCUT2D eigenvalue weighted by Gasteiger charge is -2.22. The van der Waals surface area contributed by atoms with Gasteiger partial charge in [-0.2, -0.15) is 0 Å². The van der Waals surface area contributed by atoms with Crippen molar-refractivity contribution in [2.75, 3.05) is 6.54 Å². The van der Waals surface area contributed by atoms with Crippen LogP contribution in [0.25, 0.3) is 0 Å². The summed E-state index contributed by atoms with van der Waals surface area (Å²) in [7, 11) is 0. The van der Waals surface area contributed by atoms with Crippen LogP contribution in [0.2, 0.25) is 0 Å². The van der Waals surface area contributed by atoms with Crippen LogP contribution in [-0.4, -0.2) is 28.4 Å². The summed E-state index contributed by atoms with van der Waals surface area (Å²) in [5, 5.41) is 0. The Morgan fingerprint density at radius 2 is 2.42 bits per heavy atom. The van der Waals surface area contributed by atoms with Crippen LogP contribution in [0, 0.1) is 0 Å². The molecule has 1 amide bonds. The van der Waals surface area contributed by atoms with Crippen LogP contribution in [0.1, 0.15) is 26.2 Å². The van der Waals surface area contributed by atoms with Crippen LogP contribution >= 0.6 is 12.2 Å². The minimum atomic E-state index is 0.0208. The molecule has 0 radical (unpaired) electrons. The Balaban J connectivity index is 2.63. The quantitative estimate of drug-likeness (QED) is 0.645. The predicted molar refractivity (Wildman–Crippen MR) is 51.8 cm³/mol. The third-order valence-corrected chi connectivity index (χ3v) is 2.48. The number of carbonyl (C=O) groups excluding carboxylic acids is 1. The molecule has 1 unspecified atom stereocenters. The van der Waals surface area contributed by atoms with Crippen LogP contribution in [0.3, 0.4) is 0 Å². The second-order valence-electron chi connectivity index (χ2n) is 3.00. The smallest absolute Gasteiger partial charge is 0.222 e. The molecule has 0 aromatic rings. The van der Waals surface area contributed by atoms with Crippen molar-refractivity contribution in [2.45, 2.75) is 32.2 Å². The molecule has 0 aliphatic carbocycles. The average Bonchev–Trinajstić information content (AvgIpc) is 2.50. The molecule has 2 N–H and O–H groups in total. The van der Waals surface area contributed by atoms with Crippen LogP contribution in [0.5, 0.6) is 0 Å². The van der Waals surface area contributed by atoms with E-state index in [4.69, 9.17) is 18.0 Å². The Morgan fingerprint density at radius 1 is 1.75 bits per heavy atom. The lowest BCUT2D eigenvalue weighted by Crippen LogP contribution is -2.42. The number of hydrogen-bond donors (Lipinski definition) is 1. The minimum absolute atomic E-state index is 0.0208. The van der Waals surface area contributed by atoms with E-state index < -0.39 is 0 Å². The molecule has 1 heterocycles. The summed E-state index contributed by atoms with van der Waals surface area (Å²) in [4.78, 5) is 13.6. The zero-order valence-electron chi connectivity index (χ0n) is 7.25. The Morgan fingerprint density at radius 3 is 2.92 bits per heavy atom. The standard InChI is InChI=1S/C8H14N2OS/c1-2-7(11)10-5-3-4-6(10)8(9)12/h6H,2-5H2,1H3,(H2,9,12). The van der Waals surface area contributed by atoms with Crippen molar-refractivity contribution in [2.24, 2.45) is 5.73 Å². The molecule has 0 aromatic heterocycles. The largest absolute Gasteiger partial charge is 0.392 e. The van der Waals surface area contributed by atoms with Gasteiger partial charge < -0.3 is 10.6 Å². The molecular formula is C8H14N2OS. The Bertz CT molecular complexity index is 205. The lowest BCUT2D eigenvalue weighted by atomic mass is 10.2. The van der Waals surface area contributed by atoms with Crippen molar-refractivity contribution in [3.8, 4) is 0 Å². The van der Waals surface area contributed by atoms with Crippen molar-refractivity contribution < 1.29 is 4.79 Å². The zero-order valence-corrected chi connectivity index (χ0v) is 8.06. The molecule has 0 spiro atoms. The fraction of sp³-hybridized carbons (Fsp3) is 0.750. The summed E-state index contributed by atoms with van der Waals surface area (Å²) < 4.78 is 0. The number of likely N-dealkylation sites (tertiary alicyclic amines) is 1. The van der Waals surface area contributed by atoms with Gasteiger partial charge in [0.25, 0.3) is 0 Å². The van der Waals surface area contributed by atoms with Gasteiger partial charge in [0.1, 0.15) is 0 Å². The van der Waals surface area contributed by atoms with Gasteiger partial charge >= 0.3 is 0 Å². The molecule has 4 heteroatoms. The summed E-state index contributed by atoms with van der Waals surface area (Å²) >= 11 is 4.88. The number of rotatable bonds is 2. The van der Waals surface area contributed by atoms with Crippen molar-refractivity contribution >= 4 is 23.1 Å². The molecule has 0 bridgehead atoms. The summed E-state index contributed by atoms with van der Waals surface area (Å²) in [6, 6.07) is 0.0208. The summed E-state index contributed by atoms with van der Waals surface area (Å²) in [5.74, 6) is 0.158. The fourth-order valence-electron chi connectivity index (χ4n) is 1.56. The predicted octanol–water partition coefficient (Wildman–Crippen LogP) is 0.674. The van der Waals surface area contributed by atoms with E-state index >= 15 is 0 Å². The van der Waals surface area contributed by atoms with E-state index in [2.05, 4.69) is 0 Å². The maximum Gasteiger partial charge on any atom is 0.222 e. The fourth-order valence-corrected chi connectivity index (χ4v) is 1.81. The topological polar surface area (TPSA) is 46.3 Å². The molecule has 0 saturated carbocycles. The summed E-state index contributed by atoms with van der Waals surface area (Å²) in [6.45, 7) is 2.67. The molecule has 1 saturated heterocycles. The minimum Gasteiger partial charge on any atom is -0.392 e. The Labute approximate surface area is 77.9 Å². The molecule has 1 atom stereocenters. The van der Waals surface area contributed by atoms with Gasteiger partial charge in [-0.3, -0.25) is 4.79 Å². The number of nitrogens with zero attached hydrogens (tertiary/aromatic N) is 1. The van der Waals surface area contributed by atoms with E-state index in [9.17, 15) is 4.79 Å². The maximum atomic E-state index is 11.3. The van der Waals surface area contributed by atoms with Crippen molar-refractivity contribution in [3.63, 3.8) is 0 Å².